The third-order valence-corrected chi connectivity index (χ3v) is 5.14. The van der Waals surface area contributed by atoms with Gasteiger partial charge in [-0.15, -0.1) is 0 Å². The predicted molar refractivity (Wildman–Crippen MR) is 79.3 cm³/mol. The summed E-state index contributed by atoms with van der Waals surface area (Å²) in [5.74, 6) is 0.653. The molecule has 0 amide bonds. The van der Waals surface area contributed by atoms with Gasteiger partial charge < -0.3 is 4.74 Å². The van der Waals surface area contributed by atoms with E-state index in [4.69, 9.17) is 4.74 Å². The molecule has 0 N–H and O–H groups in total. The van der Waals surface area contributed by atoms with E-state index in [0.29, 0.717) is 5.92 Å². The minimum absolute atomic E-state index is 0.0422. The molecular formula is C18H24O. The second-order valence-corrected chi connectivity index (χ2v) is 6.63. The van der Waals surface area contributed by atoms with Gasteiger partial charge in [0, 0.05) is 5.41 Å². The van der Waals surface area contributed by atoms with Crippen molar-refractivity contribution in [1.82, 2.24) is 0 Å². The van der Waals surface area contributed by atoms with Crippen molar-refractivity contribution < 1.29 is 4.74 Å². The van der Waals surface area contributed by atoms with E-state index in [1.165, 1.54) is 24.8 Å². The highest BCUT2D eigenvalue weighted by atomic mass is 16.5. The van der Waals surface area contributed by atoms with E-state index >= 15 is 0 Å². The third-order valence-electron chi connectivity index (χ3n) is 5.14. The minimum Gasteiger partial charge on any atom is -0.370 e. The summed E-state index contributed by atoms with van der Waals surface area (Å²) in [4.78, 5) is 0. The van der Waals surface area contributed by atoms with Crippen LogP contribution in [0.2, 0.25) is 0 Å². The van der Waals surface area contributed by atoms with Gasteiger partial charge in [0.25, 0.3) is 0 Å². The van der Waals surface area contributed by atoms with Crippen molar-refractivity contribution in [3.8, 4) is 0 Å². The van der Waals surface area contributed by atoms with Crippen LogP contribution in [0.3, 0.4) is 0 Å². The van der Waals surface area contributed by atoms with Crippen LogP contribution in [-0.4, -0.2) is 12.2 Å². The van der Waals surface area contributed by atoms with Crippen LogP contribution in [-0.2, 0) is 4.74 Å². The van der Waals surface area contributed by atoms with Gasteiger partial charge in [0.2, 0.25) is 0 Å². The van der Waals surface area contributed by atoms with E-state index in [1.807, 2.05) is 0 Å². The Bertz CT molecular complexity index is 460. The lowest BCUT2D eigenvalue weighted by atomic mass is 9.62. The molecule has 19 heavy (non-hydrogen) atoms. The van der Waals surface area contributed by atoms with Gasteiger partial charge in [-0.3, -0.25) is 0 Å². The zero-order chi connectivity index (χ0) is 13.3. The van der Waals surface area contributed by atoms with Crippen molar-refractivity contribution in [2.45, 2.75) is 51.0 Å². The van der Waals surface area contributed by atoms with Gasteiger partial charge >= 0.3 is 0 Å². The lowest BCUT2D eigenvalue weighted by molar-refractivity contribution is -0.131. The van der Waals surface area contributed by atoms with Crippen molar-refractivity contribution in [3.63, 3.8) is 0 Å². The first-order valence-electron chi connectivity index (χ1n) is 7.50. The Hall–Kier alpha value is -1.08. The van der Waals surface area contributed by atoms with E-state index in [-0.39, 0.29) is 11.0 Å². The maximum atomic E-state index is 6.29. The van der Waals surface area contributed by atoms with Crippen LogP contribution in [0.5, 0.6) is 0 Å². The number of hydrogen-bond acceptors (Lipinski definition) is 1. The smallest absolute Gasteiger partial charge is 0.0777 e. The summed E-state index contributed by atoms with van der Waals surface area (Å²) >= 11 is 0. The molecule has 1 fully saturated rings. The molecule has 0 bridgehead atoms. The molecule has 1 nitrogen and oxygen atoms in total. The molecule has 0 radical (unpaired) electrons. The molecule has 1 aliphatic carbocycles. The van der Waals surface area contributed by atoms with Crippen LogP contribution >= 0.6 is 0 Å². The number of hydrogen-bond donors (Lipinski definition) is 0. The molecule has 2 aliphatic rings. The highest BCUT2D eigenvalue weighted by Gasteiger charge is 2.48. The SMILES string of the molecule is CC1(C)C=CCO[C@]12CCC[C@H](c1ccccc1)C2. The lowest BCUT2D eigenvalue weighted by Crippen LogP contribution is -2.50. The molecular weight excluding hydrogens is 232 g/mol. The highest BCUT2D eigenvalue weighted by Crippen LogP contribution is 2.51. The maximum absolute atomic E-state index is 6.29. The standard InChI is InChI=1S/C18H24O/c1-17(2)11-7-13-19-18(17)12-6-10-16(14-18)15-8-4-3-5-9-15/h3-5,7-9,11,16H,6,10,12-14H2,1-2H3/t16-,18-/m0/s1. The molecule has 0 aromatic heterocycles. The van der Waals surface area contributed by atoms with E-state index in [2.05, 4.69) is 56.3 Å². The number of benzene rings is 1. The average Bonchev–Trinajstić information content (AvgIpc) is 2.44. The monoisotopic (exact) mass is 256 g/mol. The van der Waals surface area contributed by atoms with Crippen molar-refractivity contribution in [3.05, 3.63) is 48.0 Å². The Labute approximate surface area is 116 Å². The molecule has 1 heterocycles. The zero-order valence-electron chi connectivity index (χ0n) is 12.1. The van der Waals surface area contributed by atoms with Gasteiger partial charge in [0.15, 0.2) is 0 Å². The van der Waals surface area contributed by atoms with Crippen LogP contribution < -0.4 is 0 Å². The first-order chi connectivity index (χ1) is 9.13. The summed E-state index contributed by atoms with van der Waals surface area (Å²) in [6, 6.07) is 11.0. The highest BCUT2D eigenvalue weighted by molar-refractivity contribution is 5.23. The average molecular weight is 256 g/mol. The van der Waals surface area contributed by atoms with E-state index < -0.39 is 0 Å². The van der Waals surface area contributed by atoms with Crippen molar-refractivity contribution in [1.29, 1.82) is 0 Å². The fourth-order valence-corrected chi connectivity index (χ4v) is 3.85. The van der Waals surface area contributed by atoms with E-state index in [0.717, 1.165) is 13.0 Å². The van der Waals surface area contributed by atoms with Crippen molar-refractivity contribution in [2.75, 3.05) is 6.61 Å². The zero-order valence-corrected chi connectivity index (χ0v) is 12.1. The molecule has 1 aromatic carbocycles. The molecule has 1 aromatic rings. The predicted octanol–water partition coefficient (Wildman–Crippen LogP) is 4.70. The topological polar surface area (TPSA) is 9.23 Å². The van der Waals surface area contributed by atoms with Crippen molar-refractivity contribution in [2.24, 2.45) is 5.41 Å². The lowest BCUT2D eigenvalue weighted by Gasteiger charge is -2.51. The van der Waals surface area contributed by atoms with Crippen LogP contribution in [0.4, 0.5) is 0 Å². The fraction of sp³-hybridized carbons (Fsp3) is 0.556. The first kappa shape index (κ1) is 12.9. The summed E-state index contributed by atoms with van der Waals surface area (Å²) in [6.45, 7) is 5.44. The molecule has 3 rings (SSSR count). The molecule has 102 valence electrons. The summed E-state index contributed by atoms with van der Waals surface area (Å²) in [7, 11) is 0. The van der Waals surface area contributed by atoms with Gasteiger partial charge in [0.05, 0.1) is 12.2 Å². The fourth-order valence-electron chi connectivity index (χ4n) is 3.85. The summed E-state index contributed by atoms with van der Waals surface area (Å²) < 4.78 is 6.29. The summed E-state index contributed by atoms with van der Waals surface area (Å²) in [5.41, 5.74) is 1.68. The largest absolute Gasteiger partial charge is 0.370 e. The third kappa shape index (κ3) is 2.25. The number of rotatable bonds is 1. The molecule has 1 aliphatic heterocycles. The van der Waals surface area contributed by atoms with Gasteiger partial charge in [-0.1, -0.05) is 56.3 Å². The van der Waals surface area contributed by atoms with Crippen LogP contribution in [0, 0.1) is 5.41 Å². The summed E-state index contributed by atoms with van der Waals surface area (Å²) in [5, 5.41) is 0. The molecule has 2 atom stereocenters. The van der Waals surface area contributed by atoms with Gasteiger partial charge in [0.1, 0.15) is 0 Å². The molecule has 1 saturated carbocycles. The van der Waals surface area contributed by atoms with Crippen molar-refractivity contribution >= 4 is 0 Å². The summed E-state index contributed by atoms with van der Waals surface area (Å²) in [6.07, 6.45) is 9.48. The molecule has 0 unspecified atom stereocenters. The second-order valence-electron chi connectivity index (χ2n) is 6.63. The Morgan fingerprint density at radius 3 is 2.68 bits per heavy atom. The van der Waals surface area contributed by atoms with Gasteiger partial charge in [-0.05, 0) is 37.2 Å². The first-order valence-corrected chi connectivity index (χ1v) is 7.50. The quantitative estimate of drug-likeness (QED) is 0.662. The Morgan fingerprint density at radius 1 is 1.16 bits per heavy atom. The normalized spacial score (nSPS) is 33.5. The Kier molecular flexibility index (Phi) is 3.26. The minimum atomic E-state index is 0.0422. The van der Waals surface area contributed by atoms with E-state index in [1.54, 1.807) is 0 Å². The van der Waals surface area contributed by atoms with Crippen LogP contribution in [0.25, 0.3) is 0 Å². The molecule has 0 saturated heterocycles. The molecule has 1 heteroatoms. The van der Waals surface area contributed by atoms with Crippen LogP contribution in [0.15, 0.2) is 42.5 Å². The van der Waals surface area contributed by atoms with Gasteiger partial charge in [-0.2, -0.15) is 0 Å². The Balaban J connectivity index is 1.87. The van der Waals surface area contributed by atoms with Gasteiger partial charge in [-0.25, -0.2) is 0 Å². The van der Waals surface area contributed by atoms with E-state index in [9.17, 15) is 0 Å². The molecule has 1 spiro atoms. The Morgan fingerprint density at radius 2 is 1.95 bits per heavy atom. The second kappa shape index (κ2) is 4.79. The van der Waals surface area contributed by atoms with Crippen LogP contribution in [0.1, 0.15) is 51.0 Å². The maximum Gasteiger partial charge on any atom is 0.0777 e. The number of ether oxygens (including phenoxy) is 1.